The van der Waals surface area contributed by atoms with Crippen LogP contribution in [0.1, 0.15) is 16.7 Å². The van der Waals surface area contributed by atoms with E-state index in [4.69, 9.17) is 30.5 Å². The Labute approximate surface area is 228 Å². The summed E-state index contributed by atoms with van der Waals surface area (Å²) in [4.78, 5) is 30.8. The molecule has 3 aromatic carbocycles. The second kappa shape index (κ2) is 10.3. The van der Waals surface area contributed by atoms with Crippen LogP contribution in [-0.4, -0.2) is 46.5 Å². The van der Waals surface area contributed by atoms with Crippen LogP contribution >= 0.6 is 11.6 Å². The molecule has 2 aliphatic rings. The summed E-state index contributed by atoms with van der Waals surface area (Å²) in [5, 5.41) is 11.6. The van der Waals surface area contributed by atoms with Crippen LogP contribution < -0.4 is 18.9 Å². The molecule has 6 rings (SSSR count). The first kappa shape index (κ1) is 24.7. The highest BCUT2D eigenvalue weighted by atomic mass is 35.5. The van der Waals surface area contributed by atoms with Crippen LogP contribution in [-0.2, 0) is 22.6 Å². The lowest BCUT2D eigenvalue weighted by molar-refractivity contribution is -0.148. The number of carbonyl (C=O) groups excluding carboxylic acids is 1. The number of aromatic amines is 1. The van der Waals surface area contributed by atoms with Crippen molar-refractivity contribution in [1.29, 1.82) is 0 Å². The first-order chi connectivity index (χ1) is 19.0. The number of para-hydroxylation sites is 1. The van der Waals surface area contributed by atoms with Crippen molar-refractivity contribution in [3.8, 4) is 23.0 Å². The molecule has 1 amide bonds. The average Bonchev–Trinajstić information content (AvgIpc) is 3.68. The van der Waals surface area contributed by atoms with Crippen LogP contribution in [0.3, 0.4) is 0 Å². The Bertz CT molecular complexity index is 1610. The summed E-state index contributed by atoms with van der Waals surface area (Å²) >= 11 is 6.52. The van der Waals surface area contributed by atoms with E-state index in [1.165, 1.54) is 11.0 Å². The first-order valence-electron chi connectivity index (χ1n) is 12.2. The van der Waals surface area contributed by atoms with Gasteiger partial charge in [-0.3, -0.25) is 4.79 Å². The van der Waals surface area contributed by atoms with E-state index in [9.17, 15) is 14.7 Å². The molecule has 2 N–H and O–H groups in total. The molecule has 0 spiro atoms. The Hall–Kier alpha value is -4.63. The Morgan fingerprint density at radius 3 is 2.46 bits per heavy atom. The minimum absolute atomic E-state index is 0.0564. The number of H-pyrrole nitrogens is 1. The molecule has 1 aromatic heterocycles. The highest BCUT2D eigenvalue weighted by Crippen LogP contribution is 2.38. The Kier molecular flexibility index (Phi) is 6.50. The van der Waals surface area contributed by atoms with E-state index >= 15 is 0 Å². The summed E-state index contributed by atoms with van der Waals surface area (Å²) < 4.78 is 21.6. The topological polar surface area (TPSA) is 110 Å². The molecule has 0 saturated heterocycles. The van der Waals surface area contributed by atoms with Gasteiger partial charge >= 0.3 is 5.97 Å². The van der Waals surface area contributed by atoms with Crippen LogP contribution in [0.4, 0.5) is 0 Å². The standard InChI is InChI=1S/C29H23ClN2O7/c30-21-12-27-26(38-16-39-27)11-19(21)14-32(28(33)8-6-17-5-7-24-25(9-17)37-15-36-24)23(29(34)35)10-18-13-31-22-4-2-1-3-20(18)22/h1-9,11-13,23,31H,10,14-16H2,(H,34,35)/b8-6+. The maximum absolute atomic E-state index is 13.7. The summed E-state index contributed by atoms with van der Waals surface area (Å²) in [6, 6.07) is 15.0. The number of nitrogens with zero attached hydrogens (tertiary/aromatic N) is 1. The highest BCUT2D eigenvalue weighted by Gasteiger charge is 2.31. The Balaban J connectivity index is 1.34. The van der Waals surface area contributed by atoms with Crippen molar-refractivity contribution in [2.75, 3.05) is 13.6 Å². The van der Waals surface area contributed by atoms with Crippen molar-refractivity contribution in [2.24, 2.45) is 0 Å². The lowest BCUT2D eigenvalue weighted by Gasteiger charge is -2.28. The van der Waals surface area contributed by atoms with Gasteiger partial charge in [0.05, 0.1) is 0 Å². The molecular formula is C29H23ClN2O7. The lowest BCUT2D eigenvalue weighted by atomic mass is 10.0. The molecule has 0 fully saturated rings. The fourth-order valence-corrected chi connectivity index (χ4v) is 4.94. The SMILES string of the molecule is O=C(O)C(Cc1c[nH]c2ccccc12)N(Cc1cc2c(cc1Cl)OCO2)C(=O)/C=C/c1ccc2c(c1)OCO2. The van der Waals surface area contributed by atoms with E-state index in [0.717, 1.165) is 16.5 Å². The summed E-state index contributed by atoms with van der Waals surface area (Å²) in [6.45, 7) is 0.146. The van der Waals surface area contributed by atoms with Gasteiger partial charge in [-0.25, -0.2) is 4.79 Å². The van der Waals surface area contributed by atoms with Gasteiger partial charge in [-0.05, 0) is 47.0 Å². The smallest absolute Gasteiger partial charge is 0.326 e. The molecule has 0 saturated carbocycles. The number of fused-ring (bicyclic) bond motifs is 3. The molecule has 2 aliphatic heterocycles. The number of rotatable bonds is 8. The zero-order chi connectivity index (χ0) is 26.9. The van der Waals surface area contributed by atoms with E-state index in [1.807, 2.05) is 24.3 Å². The minimum Gasteiger partial charge on any atom is -0.480 e. The number of aromatic nitrogens is 1. The third kappa shape index (κ3) is 4.96. The van der Waals surface area contributed by atoms with Crippen molar-refractivity contribution >= 4 is 40.5 Å². The third-order valence-electron chi connectivity index (χ3n) is 6.73. The number of carbonyl (C=O) groups is 2. The molecule has 1 unspecified atom stereocenters. The molecule has 1 atom stereocenters. The van der Waals surface area contributed by atoms with Crippen molar-refractivity contribution in [3.63, 3.8) is 0 Å². The number of halogens is 1. The Morgan fingerprint density at radius 1 is 0.949 bits per heavy atom. The molecule has 10 heteroatoms. The van der Waals surface area contributed by atoms with Gasteiger partial charge < -0.3 is 33.9 Å². The first-order valence-corrected chi connectivity index (χ1v) is 12.6. The number of benzene rings is 3. The Morgan fingerprint density at radius 2 is 1.67 bits per heavy atom. The zero-order valence-electron chi connectivity index (χ0n) is 20.6. The number of carboxylic acids is 1. The highest BCUT2D eigenvalue weighted by molar-refractivity contribution is 6.31. The molecule has 4 aromatic rings. The van der Waals surface area contributed by atoms with Crippen molar-refractivity contribution in [3.05, 3.63) is 88.6 Å². The van der Waals surface area contributed by atoms with Crippen LogP contribution in [0.5, 0.6) is 23.0 Å². The summed E-state index contributed by atoms with van der Waals surface area (Å²) in [5.41, 5.74) is 2.91. The number of amides is 1. The maximum atomic E-state index is 13.7. The van der Waals surface area contributed by atoms with Gasteiger partial charge in [-0.15, -0.1) is 0 Å². The average molecular weight is 547 g/mol. The van der Waals surface area contributed by atoms with Crippen LogP contribution in [0.15, 0.2) is 66.9 Å². The largest absolute Gasteiger partial charge is 0.480 e. The van der Waals surface area contributed by atoms with E-state index in [0.29, 0.717) is 39.1 Å². The van der Waals surface area contributed by atoms with Crippen molar-refractivity contribution < 1.29 is 33.6 Å². The van der Waals surface area contributed by atoms with E-state index in [-0.39, 0.29) is 26.6 Å². The summed E-state index contributed by atoms with van der Waals surface area (Å²) in [6.07, 6.45) is 4.83. The van der Waals surface area contributed by atoms with Gasteiger partial charge in [-0.1, -0.05) is 35.9 Å². The van der Waals surface area contributed by atoms with Crippen LogP contribution in [0.2, 0.25) is 5.02 Å². The third-order valence-corrected chi connectivity index (χ3v) is 7.08. The number of hydrogen-bond donors (Lipinski definition) is 2. The number of nitrogens with one attached hydrogen (secondary N) is 1. The normalized spacial score (nSPS) is 14.2. The van der Waals surface area contributed by atoms with Crippen LogP contribution in [0.25, 0.3) is 17.0 Å². The zero-order valence-corrected chi connectivity index (χ0v) is 21.3. The van der Waals surface area contributed by atoms with Crippen molar-refractivity contribution in [1.82, 2.24) is 9.88 Å². The van der Waals surface area contributed by atoms with Gasteiger partial charge in [0.2, 0.25) is 19.5 Å². The summed E-state index contributed by atoms with van der Waals surface area (Å²) in [7, 11) is 0. The fourth-order valence-electron chi connectivity index (χ4n) is 4.73. The molecule has 198 valence electrons. The second-order valence-corrected chi connectivity index (χ2v) is 9.53. The molecule has 0 aliphatic carbocycles. The molecular weight excluding hydrogens is 524 g/mol. The number of hydrogen-bond acceptors (Lipinski definition) is 6. The molecule has 9 nitrogen and oxygen atoms in total. The second-order valence-electron chi connectivity index (χ2n) is 9.13. The maximum Gasteiger partial charge on any atom is 0.326 e. The van der Waals surface area contributed by atoms with Crippen LogP contribution in [0, 0.1) is 0 Å². The fraction of sp³-hybridized carbons (Fsp3) is 0.172. The predicted octanol–water partition coefficient (Wildman–Crippen LogP) is 5.02. The lowest BCUT2D eigenvalue weighted by Crippen LogP contribution is -2.45. The van der Waals surface area contributed by atoms with Gasteiger partial charge in [0.15, 0.2) is 23.0 Å². The minimum atomic E-state index is -1.18. The monoisotopic (exact) mass is 546 g/mol. The molecule has 3 heterocycles. The quantitative estimate of drug-likeness (QED) is 0.299. The molecule has 39 heavy (non-hydrogen) atoms. The molecule has 0 bridgehead atoms. The van der Waals surface area contributed by atoms with E-state index < -0.39 is 17.9 Å². The number of aliphatic carboxylic acids is 1. The number of carboxylic acid groups (broad SMARTS) is 1. The number of ether oxygens (including phenoxy) is 4. The van der Waals surface area contributed by atoms with E-state index in [1.54, 1.807) is 42.6 Å². The molecule has 0 radical (unpaired) electrons. The predicted molar refractivity (Wildman–Crippen MR) is 143 cm³/mol. The van der Waals surface area contributed by atoms with Gasteiger partial charge in [-0.2, -0.15) is 0 Å². The van der Waals surface area contributed by atoms with Gasteiger partial charge in [0.1, 0.15) is 6.04 Å². The van der Waals surface area contributed by atoms with Gasteiger partial charge in [0, 0.05) is 47.2 Å². The summed E-state index contributed by atoms with van der Waals surface area (Å²) in [5.74, 6) is 0.563. The van der Waals surface area contributed by atoms with E-state index in [2.05, 4.69) is 4.98 Å². The van der Waals surface area contributed by atoms with Crippen molar-refractivity contribution in [2.45, 2.75) is 19.0 Å². The van der Waals surface area contributed by atoms with Gasteiger partial charge in [0.25, 0.3) is 0 Å².